The van der Waals surface area contributed by atoms with Crippen LogP contribution in [0, 0.1) is 0 Å². The fraction of sp³-hybridized carbons (Fsp3) is 0.533. The maximum Gasteiger partial charge on any atom is 0.325 e. The lowest BCUT2D eigenvalue weighted by atomic mass is 9.84. The molecular weight excluding hydrogens is 374 g/mol. The lowest BCUT2D eigenvalue weighted by molar-refractivity contribution is 0.0258. The van der Waals surface area contributed by atoms with E-state index in [-0.39, 0.29) is 12.6 Å². The van der Waals surface area contributed by atoms with E-state index in [1.807, 2.05) is 18.4 Å². The molecule has 9 heteroatoms. The van der Waals surface area contributed by atoms with Crippen LogP contribution in [0.15, 0.2) is 18.5 Å². The Hall–Kier alpha value is -0.620. The summed E-state index contributed by atoms with van der Waals surface area (Å²) in [6.45, 7) is 3.85. The van der Waals surface area contributed by atoms with E-state index < -0.39 is 19.2 Å². The third-order valence-corrected chi connectivity index (χ3v) is 6.17. The van der Waals surface area contributed by atoms with Crippen LogP contribution in [0.3, 0.4) is 0 Å². The maximum absolute atomic E-state index is 11.2. The molecule has 0 spiro atoms. The Kier molecular flexibility index (Phi) is 6.01. The molecule has 6 nitrogen and oxygen atoms in total. The van der Waals surface area contributed by atoms with E-state index in [0.29, 0.717) is 28.4 Å². The molecule has 1 aromatic heterocycles. The minimum absolute atomic E-state index is 0.00699. The van der Waals surface area contributed by atoms with E-state index in [1.54, 1.807) is 18.5 Å². The molecule has 1 aromatic carbocycles. The molecule has 24 heavy (non-hydrogen) atoms. The van der Waals surface area contributed by atoms with Crippen molar-refractivity contribution >= 4 is 41.8 Å². The zero-order valence-corrected chi connectivity index (χ0v) is 15.9. The Morgan fingerprint density at radius 3 is 2.38 bits per heavy atom. The predicted molar refractivity (Wildman–Crippen MR) is 95.8 cm³/mol. The van der Waals surface area contributed by atoms with E-state index in [1.165, 1.54) is 0 Å². The number of benzene rings is 1. The van der Waals surface area contributed by atoms with E-state index in [4.69, 9.17) is 33.0 Å². The molecule has 2 aromatic rings. The molecule has 134 valence electrons. The van der Waals surface area contributed by atoms with Crippen LogP contribution in [0.2, 0.25) is 10.0 Å². The maximum atomic E-state index is 11.2. The lowest BCUT2D eigenvalue weighted by Crippen LogP contribution is -2.44. The molecule has 0 saturated carbocycles. The summed E-state index contributed by atoms with van der Waals surface area (Å²) < 4.78 is 13.0. The summed E-state index contributed by atoms with van der Waals surface area (Å²) >= 11 is 12.1. The molecule has 0 aliphatic carbocycles. The molecule has 1 atom stereocenters. The van der Waals surface area contributed by atoms with Gasteiger partial charge in [0.15, 0.2) is 0 Å². The largest absolute Gasteiger partial charge is 0.391 e. The third kappa shape index (κ3) is 3.79. The molecular formula is C15H21Cl2N2O4P. The molecule has 0 radical (unpaired) electrons. The van der Waals surface area contributed by atoms with Crippen LogP contribution >= 0.6 is 30.8 Å². The molecule has 2 rings (SSSR count). The highest BCUT2D eigenvalue weighted by Crippen LogP contribution is 2.40. The van der Waals surface area contributed by atoms with Crippen molar-refractivity contribution < 1.29 is 19.5 Å². The van der Waals surface area contributed by atoms with Crippen LogP contribution in [0.5, 0.6) is 0 Å². The van der Waals surface area contributed by atoms with Gasteiger partial charge in [-0.2, -0.15) is 0 Å². The smallest absolute Gasteiger partial charge is 0.325 e. The molecule has 1 heterocycles. The first-order chi connectivity index (χ1) is 11.1. The van der Waals surface area contributed by atoms with Gasteiger partial charge < -0.3 is 19.5 Å². The minimum Gasteiger partial charge on any atom is -0.391 e. The number of rotatable bonds is 7. The number of hydrogen-bond donors (Lipinski definition) is 3. The first kappa shape index (κ1) is 19.7. The van der Waals surface area contributed by atoms with E-state index in [0.717, 1.165) is 5.52 Å². The highest BCUT2D eigenvalue weighted by molar-refractivity contribution is 7.51. The summed E-state index contributed by atoms with van der Waals surface area (Å²) in [7, 11) is -4.17. The van der Waals surface area contributed by atoms with Crippen molar-refractivity contribution in [2.45, 2.75) is 44.8 Å². The lowest BCUT2D eigenvalue weighted by Gasteiger charge is -2.38. The van der Waals surface area contributed by atoms with Crippen molar-refractivity contribution in [2.24, 2.45) is 0 Å². The van der Waals surface area contributed by atoms with Crippen molar-refractivity contribution in [3.05, 3.63) is 28.5 Å². The van der Waals surface area contributed by atoms with Gasteiger partial charge in [0, 0.05) is 0 Å². The number of imidazole rings is 1. The first-order valence-electron chi connectivity index (χ1n) is 7.70. The summed E-state index contributed by atoms with van der Waals surface area (Å²) in [6.07, 6.45) is 1.44. The van der Waals surface area contributed by atoms with Crippen molar-refractivity contribution in [3.8, 4) is 0 Å². The fourth-order valence-corrected chi connectivity index (χ4v) is 4.04. The van der Waals surface area contributed by atoms with Crippen LogP contribution in [-0.4, -0.2) is 36.7 Å². The van der Waals surface area contributed by atoms with Gasteiger partial charge in [-0.05, 0) is 31.4 Å². The topological polar surface area (TPSA) is 95.6 Å². The zero-order valence-electron chi connectivity index (χ0n) is 13.5. The molecule has 0 bridgehead atoms. The summed E-state index contributed by atoms with van der Waals surface area (Å²) in [5.74, 6) is 0. The number of aliphatic hydroxyl groups excluding tert-OH is 1. The number of aliphatic hydroxyl groups is 1. The molecule has 3 N–H and O–H groups in total. The SMILES string of the molecule is CCC(CC)([C@H](O)CCP(=O)(O)O)n1cnc2cc(Cl)c(Cl)cc21. The minimum atomic E-state index is -4.17. The molecule has 0 saturated heterocycles. The normalized spacial score (nSPS) is 14.3. The molecule has 0 unspecified atom stereocenters. The quantitative estimate of drug-likeness (QED) is 0.620. The Balaban J connectivity index is 2.50. The summed E-state index contributed by atoms with van der Waals surface area (Å²) in [4.78, 5) is 22.5. The van der Waals surface area contributed by atoms with Crippen LogP contribution in [0.1, 0.15) is 33.1 Å². The van der Waals surface area contributed by atoms with Gasteiger partial charge in [-0.1, -0.05) is 37.0 Å². The summed E-state index contributed by atoms with van der Waals surface area (Å²) in [6, 6.07) is 3.36. The van der Waals surface area contributed by atoms with Crippen LogP contribution in [0.4, 0.5) is 0 Å². The molecule has 0 aliphatic heterocycles. The average Bonchev–Trinajstić information content (AvgIpc) is 2.90. The Morgan fingerprint density at radius 2 is 1.83 bits per heavy atom. The summed E-state index contributed by atoms with van der Waals surface area (Å²) in [5.41, 5.74) is 0.641. The van der Waals surface area contributed by atoms with E-state index in [2.05, 4.69) is 4.98 Å². The predicted octanol–water partition coefficient (Wildman–Crippen LogP) is 3.79. The fourth-order valence-electron chi connectivity index (χ4n) is 3.14. The average molecular weight is 395 g/mol. The highest BCUT2D eigenvalue weighted by atomic mass is 35.5. The van der Waals surface area contributed by atoms with E-state index >= 15 is 0 Å². The third-order valence-electron chi connectivity index (χ3n) is 4.61. The van der Waals surface area contributed by atoms with Crippen molar-refractivity contribution in [3.63, 3.8) is 0 Å². The van der Waals surface area contributed by atoms with Gasteiger partial charge in [-0.3, -0.25) is 4.57 Å². The number of fused-ring (bicyclic) bond motifs is 1. The molecule has 0 aliphatic rings. The first-order valence-corrected chi connectivity index (χ1v) is 10.2. The van der Waals surface area contributed by atoms with Crippen molar-refractivity contribution in [1.82, 2.24) is 9.55 Å². The van der Waals surface area contributed by atoms with Gasteiger partial charge in [0.05, 0.1) is 45.2 Å². The van der Waals surface area contributed by atoms with Gasteiger partial charge in [0.1, 0.15) is 0 Å². The van der Waals surface area contributed by atoms with Crippen LogP contribution in [0.25, 0.3) is 11.0 Å². The van der Waals surface area contributed by atoms with Gasteiger partial charge >= 0.3 is 7.60 Å². The Bertz CT molecular complexity index is 770. The van der Waals surface area contributed by atoms with Gasteiger partial charge in [-0.15, -0.1) is 0 Å². The Morgan fingerprint density at radius 1 is 1.25 bits per heavy atom. The zero-order chi connectivity index (χ0) is 18.1. The van der Waals surface area contributed by atoms with Crippen LogP contribution < -0.4 is 0 Å². The second-order valence-corrected chi connectivity index (χ2v) is 8.46. The van der Waals surface area contributed by atoms with Crippen molar-refractivity contribution in [2.75, 3.05) is 6.16 Å². The molecule has 0 amide bonds. The molecule has 0 fully saturated rings. The standard InChI is InChI=1S/C15H21Cl2N2O4P/c1-3-15(4-2,14(20)5-6-24(21,22)23)19-9-18-12-7-10(16)11(17)8-13(12)19/h7-9,14,20H,3-6H2,1-2H3,(H2,21,22,23)/t14-/m1/s1. The number of hydrogen-bond acceptors (Lipinski definition) is 3. The number of aromatic nitrogens is 2. The van der Waals surface area contributed by atoms with Crippen LogP contribution in [-0.2, 0) is 10.1 Å². The second-order valence-electron chi connectivity index (χ2n) is 5.87. The van der Waals surface area contributed by atoms with Gasteiger partial charge in [0.25, 0.3) is 0 Å². The summed E-state index contributed by atoms with van der Waals surface area (Å²) in [5, 5.41) is 11.5. The van der Waals surface area contributed by atoms with Crippen molar-refractivity contribution in [1.29, 1.82) is 0 Å². The number of nitrogens with zero attached hydrogens (tertiary/aromatic N) is 2. The number of halogens is 2. The van der Waals surface area contributed by atoms with Gasteiger partial charge in [-0.25, -0.2) is 4.98 Å². The van der Waals surface area contributed by atoms with Gasteiger partial charge in [0.2, 0.25) is 0 Å². The monoisotopic (exact) mass is 394 g/mol. The van der Waals surface area contributed by atoms with E-state index in [9.17, 15) is 9.67 Å². The second kappa shape index (κ2) is 7.32. The highest BCUT2D eigenvalue weighted by Gasteiger charge is 2.38. The Labute approximate surface area is 150 Å².